The van der Waals surface area contributed by atoms with E-state index in [1.54, 1.807) is 0 Å². The maximum atomic E-state index is 12.1. The SMILES string of the molecule is CCCCCC(=O)N1CCCN(CCCCCN)CC1. The largest absolute Gasteiger partial charge is 0.341 e. The first-order chi connectivity index (χ1) is 9.77. The number of carbonyl (C=O) groups excluding carboxylic acids is 1. The van der Waals surface area contributed by atoms with Gasteiger partial charge in [0.2, 0.25) is 5.91 Å². The molecule has 0 bridgehead atoms. The fourth-order valence-corrected chi connectivity index (χ4v) is 2.78. The van der Waals surface area contributed by atoms with E-state index in [2.05, 4.69) is 16.7 Å². The van der Waals surface area contributed by atoms with Gasteiger partial charge in [0.05, 0.1) is 0 Å². The van der Waals surface area contributed by atoms with Crippen molar-refractivity contribution in [3.63, 3.8) is 0 Å². The summed E-state index contributed by atoms with van der Waals surface area (Å²) in [6.07, 6.45) is 8.87. The van der Waals surface area contributed by atoms with E-state index in [1.165, 1.54) is 25.7 Å². The van der Waals surface area contributed by atoms with Crippen LogP contribution in [0.1, 0.15) is 58.3 Å². The van der Waals surface area contributed by atoms with Crippen LogP contribution in [0.15, 0.2) is 0 Å². The molecule has 1 aliphatic heterocycles. The molecule has 1 saturated heterocycles. The number of amides is 1. The highest BCUT2D eigenvalue weighted by Gasteiger charge is 2.18. The summed E-state index contributed by atoms with van der Waals surface area (Å²) in [6, 6.07) is 0. The Hall–Kier alpha value is -0.610. The van der Waals surface area contributed by atoms with Gasteiger partial charge in [-0.15, -0.1) is 0 Å². The highest BCUT2D eigenvalue weighted by molar-refractivity contribution is 5.76. The van der Waals surface area contributed by atoms with Gasteiger partial charge in [0.15, 0.2) is 0 Å². The molecule has 4 heteroatoms. The first-order valence-corrected chi connectivity index (χ1v) is 8.48. The van der Waals surface area contributed by atoms with Gasteiger partial charge in [-0.1, -0.05) is 26.2 Å². The van der Waals surface area contributed by atoms with Crippen LogP contribution in [0.5, 0.6) is 0 Å². The highest BCUT2D eigenvalue weighted by atomic mass is 16.2. The van der Waals surface area contributed by atoms with Crippen LogP contribution in [-0.4, -0.2) is 55.0 Å². The molecule has 0 atom stereocenters. The zero-order valence-electron chi connectivity index (χ0n) is 13.3. The van der Waals surface area contributed by atoms with Crippen LogP contribution in [0.25, 0.3) is 0 Å². The molecule has 1 fully saturated rings. The van der Waals surface area contributed by atoms with Gasteiger partial charge >= 0.3 is 0 Å². The van der Waals surface area contributed by atoms with Crippen LogP contribution in [0.3, 0.4) is 0 Å². The molecule has 0 aromatic heterocycles. The average molecular weight is 283 g/mol. The summed E-state index contributed by atoms with van der Waals surface area (Å²) in [4.78, 5) is 16.7. The van der Waals surface area contributed by atoms with Crippen molar-refractivity contribution >= 4 is 5.91 Å². The summed E-state index contributed by atoms with van der Waals surface area (Å²) in [5, 5.41) is 0. The lowest BCUT2D eigenvalue weighted by Crippen LogP contribution is -2.35. The van der Waals surface area contributed by atoms with E-state index in [9.17, 15) is 4.79 Å². The molecule has 0 aliphatic carbocycles. The third kappa shape index (κ3) is 7.25. The number of nitrogens with zero attached hydrogens (tertiary/aromatic N) is 2. The smallest absolute Gasteiger partial charge is 0.222 e. The van der Waals surface area contributed by atoms with Gasteiger partial charge in [-0.05, 0) is 45.3 Å². The van der Waals surface area contributed by atoms with Crippen molar-refractivity contribution in [1.82, 2.24) is 9.80 Å². The second-order valence-corrected chi connectivity index (χ2v) is 5.88. The lowest BCUT2D eigenvalue weighted by atomic mass is 10.2. The normalized spacial score (nSPS) is 17.2. The van der Waals surface area contributed by atoms with E-state index in [0.717, 1.165) is 65.0 Å². The van der Waals surface area contributed by atoms with E-state index < -0.39 is 0 Å². The zero-order chi connectivity index (χ0) is 14.6. The number of unbranched alkanes of at least 4 members (excludes halogenated alkanes) is 4. The van der Waals surface area contributed by atoms with Gasteiger partial charge in [-0.25, -0.2) is 0 Å². The Bertz CT molecular complexity index is 258. The topological polar surface area (TPSA) is 49.6 Å². The molecule has 1 heterocycles. The van der Waals surface area contributed by atoms with Crippen LogP contribution in [0, 0.1) is 0 Å². The fraction of sp³-hybridized carbons (Fsp3) is 0.938. The van der Waals surface area contributed by atoms with Gasteiger partial charge in [0.1, 0.15) is 0 Å². The molecule has 4 nitrogen and oxygen atoms in total. The lowest BCUT2D eigenvalue weighted by molar-refractivity contribution is -0.131. The molecular formula is C16H33N3O. The maximum Gasteiger partial charge on any atom is 0.222 e. The third-order valence-corrected chi connectivity index (χ3v) is 4.11. The Balaban J connectivity index is 2.19. The molecule has 0 aromatic carbocycles. The standard InChI is InChI=1S/C16H33N3O/c1-2-3-5-9-16(20)19-13-8-12-18(14-15-19)11-7-4-6-10-17/h2-15,17H2,1H3. The fourth-order valence-electron chi connectivity index (χ4n) is 2.78. The molecule has 0 saturated carbocycles. The minimum Gasteiger partial charge on any atom is -0.341 e. The van der Waals surface area contributed by atoms with Crippen LogP contribution in [0.4, 0.5) is 0 Å². The van der Waals surface area contributed by atoms with E-state index in [4.69, 9.17) is 5.73 Å². The number of rotatable bonds is 9. The maximum absolute atomic E-state index is 12.1. The second kappa shape index (κ2) is 11.1. The minimum absolute atomic E-state index is 0.364. The first kappa shape index (κ1) is 17.4. The summed E-state index contributed by atoms with van der Waals surface area (Å²) in [7, 11) is 0. The number of carbonyl (C=O) groups is 1. The van der Waals surface area contributed by atoms with E-state index in [-0.39, 0.29) is 0 Å². The van der Waals surface area contributed by atoms with E-state index in [1.807, 2.05) is 0 Å². The van der Waals surface area contributed by atoms with Crippen molar-refractivity contribution in [2.45, 2.75) is 58.3 Å². The Morgan fingerprint density at radius 1 is 1.00 bits per heavy atom. The predicted molar refractivity (Wildman–Crippen MR) is 84.7 cm³/mol. The molecule has 1 aliphatic rings. The Labute approximate surface area is 124 Å². The molecule has 0 unspecified atom stereocenters. The summed E-state index contributed by atoms with van der Waals surface area (Å²) in [5.41, 5.74) is 5.52. The van der Waals surface area contributed by atoms with E-state index in [0.29, 0.717) is 5.91 Å². The van der Waals surface area contributed by atoms with Crippen LogP contribution in [0.2, 0.25) is 0 Å². The molecule has 2 N–H and O–H groups in total. The summed E-state index contributed by atoms with van der Waals surface area (Å²) < 4.78 is 0. The van der Waals surface area contributed by atoms with Crippen molar-refractivity contribution in [3.05, 3.63) is 0 Å². The molecule has 0 aromatic rings. The molecule has 1 rings (SSSR count). The van der Waals surface area contributed by atoms with Gasteiger partial charge in [-0.3, -0.25) is 4.79 Å². The molecule has 118 valence electrons. The van der Waals surface area contributed by atoms with Crippen molar-refractivity contribution in [1.29, 1.82) is 0 Å². The lowest BCUT2D eigenvalue weighted by Gasteiger charge is -2.22. The van der Waals surface area contributed by atoms with Crippen LogP contribution < -0.4 is 5.73 Å². The Morgan fingerprint density at radius 3 is 2.60 bits per heavy atom. The van der Waals surface area contributed by atoms with Crippen molar-refractivity contribution in [2.24, 2.45) is 5.73 Å². The Kier molecular flexibility index (Phi) is 9.67. The van der Waals surface area contributed by atoms with Gasteiger partial charge < -0.3 is 15.5 Å². The molecular weight excluding hydrogens is 250 g/mol. The van der Waals surface area contributed by atoms with Crippen molar-refractivity contribution < 1.29 is 4.79 Å². The second-order valence-electron chi connectivity index (χ2n) is 5.88. The average Bonchev–Trinajstić information content (AvgIpc) is 2.69. The third-order valence-electron chi connectivity index (χ3n) is 4.11. The number of hydrogen-bond acceptors (Lipinski definition) is 3. The van der Waals surface area contributed by atoms with Gasteiger partial charge in [0, 0.05) is 26.1 Å². The van der Waals surface area contributed by atoms with Gasteiger partial charge in [-0.2, -0.15) is 0 Å². The molecule has 0 radical (unpaired) electrons. The van der Waals surface area contributed by atoms with Crippen LogP contribution >= 0.6 is 0 Å². The van der Waals surface area contributed by atoms with Crippen molar-refractivity contribution in [2.75, 3.05) is 39.3 Å². The predicted octanol–water partition coefficient (Wildman–Crippen LogP) is 2.23. The van der Waals surface area contributed by atoms with Crippen LogP contribution in [-0.2, 0) is 4.79 Å². The van der Waals surface area contributed by atoms with Crippen molar-refractivity contribution in [3.8, 4) is 0 Å². The molecule has 20 heavy (non-hydrogen) atoms. The Morgan fingerprint density at radius 2 is 1.85 bits per heavy atom. The quantitative estimate of drug-likeness (QED) is 0.660. The van der Waals surface area contributed by atoms with Gasteiger partial charge in [0.25, 0.3) is 0 Å². The number of hydrogen-bond donors (Lipinski definition) is 1. The summed E-state index contributed by atoms with van der Waals surface area (Å²) in [5.74, 6) is 0.364. The first-order valence-electron chi connectivity index (χ1n) is 8.48. The monoisotopic (exact) mass is 283 g/mol. The highest BCUT2D eigenvalue weighted by Crippen LogP contribution is 2.09. The zero-order valence-corrected chi connectivity index (χ0v) is 13.3. The molecule has 1 amide bonds. The number of nitrogens with two attached hydrogens (primary N) is 1. The van der Waals surface area contributed by atoms with E-state index >= 15 is 0 Å². The molecule has 0 spiro atoms. The minimum atomic E-state index is 0.364. The summed E-state index contributed by atoms with van der Waals surface area (Å²) >= 11 is 0. The summed E-state index contributed by atoms with van der Waals surface area (Å²) in [6.45, 7) is 8.20.